The minimum Gasteiger partial charge on any atom is -0.393 e. The van der Waals surface area contributed by atoms with E-state index in [-0.39, 0.29) is 17.6 Å². The molecule has 31 heavy (non-hydrogen) atoms. The number of hydrogen-bond acceptors (Lipinski definition) is 5. The normalized spacial score (nSPS) is 29.0. The molecule has 2 aromatic heterocycles. The Labute approximate surface area is 188 Å². The number of aromatic nitrogens is 2. The van der Waals surface area contributed by atoms with Crippen LogP contribution in [0.4, 0.5) is 5.82 Å². The van der Waals surface area contributed by atoms with E-state index in [0.717, 1.165) is 75.0 Å². The van der Waals surface area contributed by atoms with Crippen molar-refractivity contribution >= 4 is 23.3 Å². The highest BCUT2D eigenvalue weighted by molar-refractivity contribution is 6.33. The van der Waals surface area contributed by atoms with Crippen molar-refractivity contribution in [2.45, 2.75) is 57.1 Å². The molecule has 6 nitrogen and oxygen atoms in total. The number of aliphatic hydroxyl groups is 1. The first kappa shape index (κ1) is 20.7. The zero-order valence-corrected chi connectivity index (χ0v) is 18.5. The van der Waals surface area contributed by atoms with Crippen molar-refractivity contribution in [1.29, 1.82) is 0 Å². The molecule has 1 aliphatic carbocycles. The topological polar surface area (TPSA) is 69.6 Å². The number of nitrogens with zero attached hydrogens (tertiary/aromatic N) is 4. The lowest BCUT2D eigenvalue weighted by atomic mass is 9.78. The van der Waals surface area contributed by atoms with Gasteiger partial charge < -0.3 is 14.9 Å². The van der Waals surface area contributed by atoms with E-state index in [1.165, 1.54) is 0 Å². The molecule has 3 aliphatic rings. The summed E-state index contributed by atoms with van der Waals surface area (Å²) in [6.07, 6.45) is 11.4. The van der Waals surface area contributed by atoms with E-state index in [0.29, 0.717) is 17.5 Å². The largest absolute Gasteiger partial charge is 0.393 e. The number of carbonyl (C=O) groups is 1. The molecule has 0 bridgehead atoms. The monoisotopic (exact) mass is 440 g/mol. The summed E-state index contributed by atoms with van der Waals surface area (Å²) in [4.78, 5) is 26.6. The molecule has 0 radical (unpaired) electrons. The average molecular weight is 441 g/mol. The van der Waals surface area contributed by atoms with Crippen LogP contribution in [0, 0.1) is 5.41 Å². The predicted molar refractivity (Wildman–Crippen MR) is 121 cm³/mol. The van der Waals surface area contributed by atoms with Crippen LogP contribution in [0.3, 0.4) is 0 Å². The van der Waals surface area contributed by atoms with E-state index in [1.54, 1.807) is 12.4 Å². The van der Waals surface area contributed by atoms with Crippen molar-refractivity contribution in [2.75, 3.05) is 24.5 Å². The van der Waals surface area contributed by atoms with Crippen molar-refractivity contribution in [3.05, 3.63) is 41.8 Å². The molecule has 0 unspecified atom stereocenters. The van der Waals surface area contributed by atoms with Crippen LogP contribution in [0.2, 0.25) is 5.02 Å². The Balaban J connectivity index is 1.33. The molecule has 2 aliphatic heterocycles. The lowest BCUT2D eigenvalue weighted by Crippen LogP contribution is -2.50. The van der Waals surface area contributed by atoms with Crippen LogP contribution in [-0.2, 0) is 4.79 Å². The van der Waals surface area contributed by atoms with Gasteiger partial charge in [0.1, 0.15) is 5.82 Å². The number of aliphatic hydroxyl groups excluding tert-OH is 1. The maximum atomic E-state index is 13.5. The highest BCUT2D eigenvalue weighted by Gasteiger charge is 2.51. The lowest BCUT2D eigenvalue weighted by molar-refractivity contribution is -0.139. The van der Waals surface area contributed by atoms with Crippen molar-refractivity contribution in [2.24, 2.45) is 5.41 Å². The Morgan fingerprint density at radius 2 is 1.84 bits per heavy atom. The third kappa shape index (κ3) is 3.92. The Hall–Kier alpha value is -2.18. The molecule has 7 heteroatoms. The van der Waals surface area contributed by atoms with Crippen molar-refractivity contribution in [1.82, 2.24) is 14.9 Å². The Morgan fingerprint density at radius 3 is 2.58 bits per heavy atom. The van der Waals surface area contributed by atoms with Crippen LogP contribution in [0.15, 0.2) is 36.8 Å². The molecule has 1 amide bonds. The molecule has 2 saturated heterocycles. The molecule has 1 N–H and O–H groups in total. The lowest BCUT2D eigenvalue weighted by Gasteiger charge is -2.41. The minimum atomic E-state index is -0.330. The zero-order valence-electron chi connectivity index (χ0n) is 17.7. The molecular formula is C24H29ClN4O2. The molecule has 5 rings (SSSR count). The van der Waals surface area contributed by atoms with Gasteiger partial charge in [-0.15, -0.1) is 0 Å². The fourth-order valence-electron chi connectivity index (χ4n) is 5.62. The van der Waals surface area contributed by atoms with E-state index in [2.05, 4.69) is 14.8 Å². The quantitative estimate of drug-likeness (QED) is 0.783. The number of likely N-dealkylation sites (tertiary alicyclic amines) is 1. The Kier molecular flexibility index (Phi) is 5.61. The van der Waals surface area contributed by atoms with E-state index >= 15 is 0 Å². The first-order chi connectivity index (χ1) is 15.1. The highest BCUT2D eigenvalue weighted by Crippen LogP contribution is 2.44. The molecule has 3 fully saturated rings. The van der Waals surface area contributed by atoms with Crippen LogP contribution in [0.5, 0.6) is 0 Å². The van der Waals surface area contributed by atoms with Crippen molar-refractivity contribution < 1.29 is 9.90 Å². The van der Waals surface area contributed by atoms with Gasteiger partial charge in [-0.25, -0.2) is 4.98 Å². The maximum absolute atomic E-state index is 13.5. The van der Waals surface area contributed by atoms with E-state index in [1.807, 2.05) is 24.4 Å². The van der Waals surface area contributed by atoms with Crippen molar-refractivity contribution in [3.63, 3.8) is 0 Å². The molecule has 2 aromatic rings. The third-order valence-electron chi connectivity index (χ3n) is 7.36. The van der Waals surface area contributed by atoms with Gasteiger partial charge in [0.05, 0.1) is 16.5 Å². The number of halogens is 1. The fraction of sp³-hybridized carbons (Fsp3) is 0.542. The summed E-state index contributed by atoms with van der Waals surface area (Å²) >= 11 is 6.67. The summed E-state index contributed by atoms with van der Waals surface area (Å²) in [5, 5.41) is 10.4. The molecule has 1 saturated carbocycles. The minimum absolute atomic E-state index is 0.198. The van der Waals surface area contributed by atoms with Crippen LogP contribution in [0.25, 0.3) is 11.1 Å². The summed E-state index contributed by atoms with van der Waals surface area (Å²) < 4.78 is 0. The molecule has 1 spiro atoms. The second-order valence-electron chi connectivity index (χ2n) is 9.28. The molecule has 4 heterocycles. The molecule has 1 atom stereocenters. The summed E-state index contributed by atoms with van der Waals surface area (Å²) in [6.45, 7) is 2.38. The van der Waals surface area contributed by atoms with E-state index in [9.17, 15) is 9.90 Å². The third-order valence-corrected chi connectivity index (χ3v) is 7.64. The number of carbonyl (C=O) groups excluding carboxylic acids is 1. The van der Waals surface area contributed by atoms with Crippen LogP contribution >= 0.6 is 11.6 Å². The number of pyridine rings is 2. The second kappa shape index (κ2) is 8.40. The number of hydrogen-bond donors (Lipinski definition) is 1. The fourth-order valence-corrected chi connectivity index (χ4v) is 5.91. The zero-order chi connectivity index (χ0) is 21.4. The first-order valence-electron chi connectivity index (χ1n) is 11.4. The number of amides is 1. The molecule has 0 aromatic carbocycles. The SMILES string of the molecule is O=C1N([C@H]2CC[C@H](O)CC2)CC[C@@]12CCCN(c1ncc(-c3ccncc3)cc1Cl)C2. The standard InChI is InChI=1S/C24H29ClN4O2/c25-21-14-18(17-6-10-26-11-7-17)15-27-22(21)28-12-1-8-24(16-28)9-13-29(23(24)31)19-2-4-20(30)5-3-19/h6-7,10-11,14-15,19-20,30H,1-5,8-9,12-13,16H2/t19-,20-,24-/m1/s1. The Bertz CT molecular complexity index is 948. The van der Waals surface area contributed by atoms with E-state index < -0.39 is 0 Å². The van der Waals surface area contributed by atoms with Gasteiger partial charge in [0.25, 0.3) is 0 Å². The van der Waals surface area contributed by atoms with Gasteiger partial charge in [0.15, 0.2) is 0 Å². The van der Waals surface area contributed by atoms with Crippen LogP contribution < -0.4 is 4.90 Å². The van der Waals surface area contributed by atoms with Gasteiger partial charge in [-0.2, -0.15) is 0 Å². The van der Waals surface area contributed by atoms with Crippen LogP contribution in [-0.4, -0.2) is 57.7 Å². The predicted octanol–water partition coefficient (Wildman–Crippen LogP) is 3.92. The summed E-state index contributed by atoms with van der Waals surface area (Å²) in [5.41, 5.74) is 1.67. The van der Waals surface area contributed by atoms with Gasteiger partial charge in [0.2, 0.25) is 5.91 Å². The van der Waals surface area contributed by atoms with Gasteiger partial charge in [-0.3, -0.25) is 9.78 Å². The van der Waals surface area contributed by atoms with Gasteiger partial charge in [-0.05, 0) is 68.7 Å². The van der Waals surface area contributed by atoms with Crippen LogP contribution in [0.1, 0.15) is 44.9 Å². The summed E-state index contributed by atoms with van der Waals surface area (Å²) in [5.74, 6) is 1.06. The number of piperidine rings is 1. The average Bonchev–Trinajstić information content (AvgIpc) is 3.10. The van der Waals surface area contributed by atoms with Gasteiger partial charge in [-0.1, -0.05) is 11.6 Å². The Morgan fingerprint density at radius 1 is 1.06 bits per heavy atom. The van der Waals surface area contributed by atoms with Gasteiger partial charge in [0, 0.05) is 49.8 Å². The summed E-state index contributed by atoms with van der Waals surface area (Å²) in [7, 11) is 0. The molecular weight excluding hydrogens is 412 g/mol. The van der Waals surface area contributed by atoms with Gasteiger partial charge >= 0.3 is 0 Å². The molecule has 164 valence electrons. The number of rotatable bonds is 3. The second-order valence-corrected chi connectivity index (χ2v) is 9.69. The summed E-state index contributed by atoms with van der Waals surface area (Å²) in [6, 6.07) is 6.13. The number of anilines is 1. The maximum Gasteiger partial charge on any atom is 0.230 e. The first-order valence-corrected chi connectivity index (χ1v) is 11.7. The smallest absolute Gasteiger partial charge is 0.230 e. The van der Waals surface area contributed by atoms with E-state index in [4.69, 9.17) is 16.6 Å². The van der Waals surface area contributed by atoms with Crippen molar-refractivity contribution in [3.8, 4) is 11.1 Å². The highest BCUT2D eigenvalue weighted by atomic mass is 35.5.